The number of nitriles is 1. The van der Waals surface area contributed by atoms with E-state index in [1.54, 1.807) is 0 Å². The summed E-state index contributed by atoms with van der Waals surface area (Å²) in [4.78, 5) is 0. The number of aromatic nitrogens is 1. The summed E-state index contributed by atoms with van der Waals surface area (Å²) in [6, 6.07) is 40.6. The monoisotopic (exact) mass is 450 g/mol. The maximum atomic E-state index is 9.77. The maximum Gasteiger partial charge on any atom is 0.0992 e. The van der Waals surface area contributed by atoms with Gasteiger partial charge in [-0.05, 0) is 42.0 Å². The van der Waals surface area contributed by atoms with Gasteiger partial charge in [0.25, 0.3) is 0 Å². The van der Waals surface area contributed by atoms with Crippen LogP contribution in [0.5, 0.6) is 0 Å². The summed E-state index contributed by atoms with van der Waals surface area (Å²) in [6.07, 6.45) is 0. The Bertz CT molecular complexity index is 1880. The summed E-state index contributed by atoms with van der Waals surface area (Å²) in [5.41, 5.74) is 6.28. The van der Waals surface area contributed by atoms with Crippen molar-refractivity contribution in [2.75, 3.05) is 0 Å². The molecule has 0 N–H and O–H groups in total. The number of hydrogen-bond donors (Lipinski definition) is 0. The van der Waals surface area contributed by atoms with Gasteiger partial charge in [0.15, 0.2) is 0 Å². The van der Waals surface area contributed by atoms with Gasteiger partial charge in [0.2, 0.25) is 0 Å². The van der Waals surface area contributed by atoms with Gasteiger partial charge in [0, 0.05) is 36.5 Å². The second-order valence-electron chi connectivity index (χ2n) is 8.49. The van der Waals surface area contributed by atoms with Crippen LogP contribution in [0.15, 0.2) is 109 Å². The van der Waals surface area contributed by atoms with Crippen molar-refractivity contribution in [1.82, 2.24) is 4.57 Å². The third-order valence-electron chi connectivity index (χ3n) is 6.64. The molecule has 7 aromatic rings. The van der Waals surface area contributed by atoms with Gasteiger partial charge < -0.3 is 4.57 Å². The van der Waals surface area contributed by atoms with Crippen LogP contribution < -0.4 is 0 Å². The Labute approximate surface area is 200 Å². The fourth-order valence-electron chi connectivity index (χ4n) is 5.20. The number of para-hydroxylation sites is 2. The topological polar surface area (TPSA) is 28.7 Å². The predicted octanol–water partition coefficient (Wildman–Crippen LogP) is 8.69. The Balaban J connectivity index is 1.65. The van der Waals surface area contributed by atoms with Crippen LogP contribution in [0.1, 0.15) is 5.56 Å². The predicted molar refractivity (Wildman–Crippen MR) is 144 cm³/mol. The summed E-state index contributed by atoms with van der Waals surface area (Å²) in [6.45, 7) is 0. The zero-order valence-corrected chi connectivity index (χ0v) is 19.0. The van der Waals surface area contributed by atoms with E-state index in [-0.39, 0.29) is 0 Å². The minimum absolute atomic E-state index is 0.656. The number of nitrogens with zero attached hydrogens (tertiary/aromatic N) is 2. The summed E-state index contributed by atoms with van der Waals surface area (Å²) in [5.74, 6) is 0. The minimum Gasteiger partial charge on any atom is -0.309 e. The molecule has 0 spiro atoms. The molecular formula is C31H18N2S. The fourth-order valence-corrected chi connectivity index (χ4v) is 6.33. The second-order valence-corrected chi connectivity index (χ2v) is 9.57. The highest BCUT2D eigenvalue weighted by atomic mass is 32.1. The smallest absolute Gasteiger partial charge is 0.0992 e. The van der Waals surface area contributed by atoms with Gasteiger partial charge in [-0.1, -0.05) is 72.8 Å². The molecule has 2 heterocycles. The van der Waals surface area contributed by atoms with E-state index in [1.165, 1.54) is 36.5 Å². The molecule has 0 atom stereocenters. The van der Waals surface area contributed by atoms with Crippen molar-refractivity contribution < 1.29 is 0 Å². The zero-order chi connectivity index (χ0) is 22.6. The molecular weight excluding hydrogens is 432 g/mol. The van der Waals surface area contributed by atoms with Crippen molar-refractivity contribution in [2.24, 2.45) is 0 Å². The highest BCUT2D eigenvalue weighted by molar-refractivity contribution is 7.25. The van der Waals surface area contributed by atoms with E-state index in [0.717, 1.165) is 22.3 Å². The molecule has 7 rings (SSSR count). The normalized spacial score (nSPS) is 11.5. The molecule has 34 heavy (non-hydrogen) atoms. The lowest BCUT2D eigenvalue weighted by atomic mass is 9.96. The molecule has 3 heteroatoms. The van der Waals surface area contributed by atoms with E-state index in [2.05, 4.69) is 108 Å². The molecule has 0 amide bonds. The van der Waals surface area contributed by atoms with E-state index in [1.807, 2.05) is 23.5 Å². The first kappa shape index (κ1) is 19.1. The van der Waals surface area contributed by atoms with Gasteiger partial charge in [-0.15, -0.1) is 11.3 Å². The van der Waals surface area contributed by atoms with Crippen LogP contribution in [-0.2, 0) is 0 Å². The maximum absolute atomic E-state index is 9.77. The molecule has 158 valence electrons. The SMILES string of the molecule is N#Cc1ccc(-c2cccc3sc4ccccc4c23)c(-n2c3ccccc3c3ccccc32)c1. The van der Waals surface area contributed by atoms with Crippen LogP contribution in [0, 0.1) is 11.3 Å². The van der Waals surface area contributed by atoms with Crippen molar-refractivity contribution in [1.29, 1.82) is 5.26 Å². The third-order valence-corrected chi connectivity index (χ3v) is 7.78. The quantitative estimate of drug-likeness (QED) is 0.259. The van der Waals surface area contributed by atoms with E-state index < -0.39 is 0 Å². The summed E-state index contributed by atoms with van der Waals surface area (Å²) >= 11 is 1.83. The Morgan fingerprint density at radius 3 is 1.97 bits per heavy atom. The van der Waals surface area contributed by atoms with Crippen LogP contribution in [-0.4, -0.2) is 4.57 Å². The van der Waals surface area contributed by atoms with E-state index in [0.29, 0.717) is 5.56 Å². The Morgan fingerprint density at radius 1 is 0.588 bits per heavy atom. The van der Waals surface area contributed by atoms with Gasteiger partial charge in [-0.25, -0.2) is 0 Å². The summed E-state index contributed by atoms with van der Waals surface area (Å²) in [7, 11) is 0. The van der Waals surface area contributed by atoms with Gasteiger partial charge in [0.05, 0.1) is 28.4 Å². The van der Waals surface area contributed by atoms with Crippen molar-refractivity contribution in [3.63, 3.8) is 0 Å². The lowest BCUT2D eigenvalue weighted by molar-refractivity contribution is 1.18. The average molecular weight is 451 g/mol. The zero-order valence-electron chi connectivity index (χ0n) is 18.2. The number of rotatable bonds is 2. The van der Waals surface area contributed by atoms with Crippen LogP contribution in [0.3, 0.4) is 0 Å². The van der Waals surface area contributed by atoms with E-state index in [4.69, 9.17) is 0 Å². The molecule has 0 aliphatic rings. The second kappa shape index (κ2) is 7.31. The molecule has 0 aliphatic heterocycles. The van der Waals surface area contributed by atoms with Crippen LogP contribution in [0.2, 0.25) is 0 Å². The first-order valence-corrected chi connectivity index (χ1v) is 12.1. The molecule has 0 radical (unpaired) electrons. The number of hydrogen-bond acceptors (Lipinski definition) is 2. The van der Waals surface area contributed by atoms with Crippen molar-refractivity contribution in [2.45, 2.75) is 0 Å². The lowest BCUT2D eigenvalue weighted by Crippen LogP contribution is -1.98. The largest absolute Gasteiger partial charge is 0.309 e. The first-order valence-electron chi connectivity index (χ1n) is 11.3. The average Bonchev–Trinajstić information content (AvgIpc) is 3.44. The Kier molecular flexibility index (Phi) is 4.11. The van der Waals surface area contributed by atoms with Crippen molar-refractivity contribution >= 4 is 53.3 Å². The lowest BCUT2D eigenvalue weighted by Gasteiger charge is -2.15. The molecule has 0 saturated heterocycles. The summed E-state index contributed by atoms with van der Waals surface area (Å²) < 4.78 is 4.88. The third kappa shape index (κ3) is 2.67. The molecule has 0 fully saturated rings. The number of benzene rings is 5. The highest BCUT2D eigenvalue weighted by Crippen LogP contribution is 2.43. The van der Waals surface area contributed by atoms with Crippen molar-refractivity contribution in [3.8, 4) is 22.9 Å². The minimum atomic E-state index is 0.656. The molecule has 0 bridgehead atoms. The van der Waals surface area contributed by atoms with Crippen LogP contribution >= 0.6 is 11.3 Å². The standard InChI is InChI=1S/C31H18N2S/c32-19-20-16-17-23(24-11-7-15-30-31(24)25-10-3-6-14-29(25)34-30)28(18-20)33-26-12-4-1-8-21(26)22-9-2-5-13-27(22)33/h1-18H. The summed E-state index contributed by atoms with van der Waals surface area (Å²) in [5, 5.41) is 14.7. The molecule has 2 nitrogen and oxygen atoms in total. The number of thiophene rings is 1. The highest BCUT2D eigenvalue weighted by Gasteiger charge is 2.18. The van der Waals surface area contributed by atoms with E-state index in [9.17, 15) is 5.26 Å². The first-order chi connectivity index (χ1) is 16.8. The molecule has 0 saturated carbocycles. The molecule has 0 aliphatic carbocycles. The molecule has 0 unspecified atom stereocenters. The van der Waals surface area contributed by atoms with Gasteiger partial charge >= 0.3 is 0 Å². The van der Waals surface area contributed by atoms with E-state index >= 15 is 0 Å². The van der Waals surface area contributed by atoms with Gasteiger partial charge in [-0.3, -0.25) is 0 Å². The van der Waals surface area contributed by atoms with Crippen LogP contribution in [0.25, 0.3) is 58.8 Å². The Morgan fingerprint density at radius 2 is 1.24 bits per heavy atom. The molecule has 5 aromatic carbocycles. The number of fused-ring (bicyclic) bond motifs is 6. The molecule has 2 aromatic heterocycles. The Hall–Kier alpha value is -4.39. The fraction of sp³-hybridized carbons (Fsp3) is 0. The van der Waals surface area contributed by atoms with Crippen molar-refractivity contribution in [3.05, 3.63) is 115 Å². The van der Waals surface area contributed by atoms with Crippen LogP contribution in [0.4, 0.5) is 0 Å². The van der Waals surface area contributed by atoms with Gasteiger partial charge in [-0.2, -0.15) is 5.26 Å². The van der Waals surface area contributed by atoms with Gasteiger partial charge in [0.1, 0.15) is 0 Å².